The number of hydrogen-bond acceptors (Lipinski definition) is 3. The van der Waals surface area contributed by atoms with Crippen LogP contribution < -0.4 is 5.32 Å². The Morgan fingerprint density at radius 2 is 2.22 bits per heavy atom. The molecular formula is C12H15ClFNO2S. The van der Waals surface area contributed by atoms with Gasteiger partial charge in [0.1, 0.15) is 5.82 Å². The highest BCUT2D eigenvalue weighted by molar-refractivity contribution is 7.92. The summed E-state index contributed by atoms with van der Waals surface area (Å²) in [4.78, 5) is 0. The number of halogens is 2. The maximum atomic E-state index is 13.5. The van der Waals surface area contributed by atoms with Crippen molar-refractivity contribution >= 4 is 21.4 Å². The lowest BCUT2D eigenvalue weighted by Gasteiger charge is -2.12. The third-order valence-corrected chi connectivity index (χ3v) is 5.83. The average Bonchev–Trinajstić information content (AvgIpc) is 2.62. The van der Waals surface area contributed by atoms with Crippen LogP contribution in [0.15, 0.2) is 18.2 Å². The molecule has 18 heavy (non-hydrogen) atoms. The van der Waals surface area contributed by atoms with Crippen LogP contribution in [0.4, 0.5) is 4.39 Å². The third kappa shape index (κ3) is 3.02. The van der Waals surface area contributed by atoms with Crippen molar-refractivity contribution in [2.45, 2.75) is 24.6 Å². The number of rotatable bonds is 4. The van der Waals surface area contributed by atoms with Gasteiger partial charge in [0.2, 0.25) is 0 Å². The van der Waals surface area contributed by atoms with Crippen molar-refractivity contribution in [3.8, 4) is 0 Å². The lowest BCUT2D eigenvalue weighted by atomic mass is 10.2. The van der Waals surface area contributed by atoms with Crippen molar-refractivity contribution < 1.29 is 12.8 Å². The predicted octanol–water partition coefficient (Wildman–Crippen LogP) is 2.15. The van der Waals surface area contributed by atoms with E-state index in [1.807, 2.05) is 0 Å². The highest BCUT2D eigenvalue weighted by Crippen LogP contribution is 2.21. The normalized spacial score (nSPS) is 22.2. The number of hydrogen-bond donors (Lipinski definition) is 1. The summed E-state index contributed by atoms with van der Waals surface area (Å²) in [5, 5.41) is 2.99. The molecule has 1 saturated heterocycles. The van der Waals surface area contributed by atoms with Crippen LogP contribution in [0.25, 0.3) is 0 Å². The van der Waals surface area contributed by atoms with E-state index in [1.165, 1.54) is 6.07 Å². The molecular weight excluding hydrogens is 277 g/mol. The van der Waals surface area contributed by atoms with Gasteiger partial charge in [-0.05, 0) is 25.0 Å². The zero-order chi connectivity index (χ0) is 13.2. The third-order valence-electron chi connectivity index (χ3n) is 3.20. The maximum absolute atomic E-state index is 13.5. The molecule has 100 valence electrons. The van der Waals surface area contributed by atoms with Gasteiger partial charge in [-0.25, -0.2) is 12.8 Å². The quantitative estimate of drug-likeness (QED) is 0.924. The minimum absolute atomic E-state index is 0.248. The molecule has 2 rings (SSSR count). The Bertz CT molecular complexity index is 513. The highest BCUT2D eigenvalue weighted by Gasteiger charge is 2.30. The molecule has 0 aliphatic carbocycles. The second kappa shape index (κ2) is 5.55. The van der Waals surface area contributed by atoms with E-state index in [0.717, 1.165) is 6.42 Å². The molecule has 0 saturated carbocycles. The Kier molecular flexibility index (Phi) is 4.25. The van der Waals surface area contributed by atoms with Gasteiger partial charge in [-0.15, -0.1) is 0 Å². The van der Waals surface area contributed by atoms with Gasteiger partial charge in [0.05, 0.1) is 11.0 Å². The number of sulfone groups is 1. The lowest BCUT2D eigenvalue weighted by molar-refractivity contribution is 0.562. The molecule has 1 aromatic rings. The molecule has 0 bridgehead atoms. The SMILES string of the molecule is O=S1(=O)CCCC1CNCc1c(F)cccc1Cl. The molecule has 1 aromatic carbocycles. The van der Waals surface area contributed by atoms with Gasteiger partial charge in [0.15, 0.2) is 9.84 Å². The van der Waals surface area contributed by atoms with Gasteiger partial charge in [-0.2, -0.15) is 0 Å². The van der Waals surface area contributed by atoms with Crippen molar-refractivity contribution in [1.29, 1.82) is 0 Å². The topological polar surface area (TPSA) is 46.2 Å². The van der Waals surface area contributed by atoms with Gasteiger partial charge >= 0.3 is 0 Å². The zero-order valence-electron chi connectivity index (χ0n) is 9.83. The van der Waals surface area contributed by atoms with E-state index in [0.29, 0.717) is 23.6 Å². The first kappa shape index (κ1) is 13.8. The largest absolute Gasteiger partial charge is 0.311 e. The van der Waals surface area contributed by atoms with Crippen LogP contribution in [0.2, 0.25) is 5.02 Å². The van der Waals surface area contributed by atoms with Crippen LogP contribution in [-0.4, -0.2) is 26.0 Å². The average molecular weight is 292 g/mol. The minimum Gasteiger partial charge on any atom is -0.311 e. The van der Waals surface area contributed by atoms with E-state index in [9.17, 15) is 12.8 Å². The molecule has 1 atom stereocenters. The second-order valence-electron chi connectivity index (χ2n) is 4.46. The van der Waals surface area contributed by atoms with Crippen LogP contribution in [-0.2, 0) is 16.4 Å². The van der Waals surface area contributed by atoms with Gasteiger partial charge in [-0.3, -0.25) is 0 Å². The summed E-state index contributed by atoms with van der Waals surface area (Å²) in [5.41, 5.74) is 0.384. The molecule has 0 aromatic heterocycles. The summed E-state index contributed by atoms with van der Waals surface area (Å²) in [6, 6.07) is 4.51. The molecule has 1 aliphatic rings. The van der Waals surface area contributed by atoms with Gasteiger partial charge < -0.3 is 5.32 Å². The fourth-order valence-corrected chi connectivity index (χ4v) is 4.18. The second-order valence-corrected chi connectivity index (χ2v) is 7.27. The smallest absolute Gasteiger partial charge is 0.154 e. The summed E-state index contributed by atoms with van der Waals surface area (Å²) < 4.78 is 36.7. The van der Waals surface area contributed by atoms with E-state index in [4.69, 9.17) is 11.6 Å². The summed E-state index contributed by atoms with van der Waals surface area (Å²) in [6.07, 6.45) is 1.40. The summed E-state index contributed by atoms with van der Waals surface area (Å²) in [6.45, 7) is 0.602. The van der Waals surface area contributed by atoms with Crippen LogP contribution in [0.5, 0.6) is 0 Å². The molecule has 0 radical (unpaired) electrons. The van der Waals surface area contributed by atoms with Crippen LogP contribution in [0.3, 0.4) is 0 Å². The van der Waals surface area contributed by atoms with E-state index in [1.54, 1.807) is 12.1 Å². The summed E-state index contributed by atoms with van der Waals surface area (Å²) >= 11 is 5.88. The summed E-state index contributed by atoms with van der Waals surface area (Å²) in [7, 11) is -2.95. The molecule has 1 heterocycles. The standard InChI is InChI=1S/C12H15ClFNO2S/c13-11-4-1-5-12(14)10(11)8-15-7-9-3-2-6-18(9,16)17/h1,4-5,9,15H,2-3,6-8H2. The van der Waals surface area contributed by atoms with Gasteiger partial charge in [0.25, 0.3) is 0 Å². The lowest BCUT2D eigenvalue weighted by Crippen LogP contribution is -2.30. The molecule has 1 unspecified atom stereocenters. The first-order chi connectivity index (χ1) is 8.50. The van der Waals surface area contributed by atoms with Crippen molar-refractivity contribution in [3.05, 3.63) is 34.6 Å². The van der Waals surface area contributed by atoms with Gasteiger partial charge in [0, 0.05) is 23.7 Å². The number of nitrogens with one attached hydrogen (secondary N) is 1. The van der Waals surface area contributed by atoms with Crippen molar-refractivity contribution in [2.75, 3.05) is 12.3 Å². The Labute approximate surface area is 111 Å². The number of benzene rings is 1. The van der Waals surface area contributed by atoms with E-state index < -0.39 is 9.84 Å². The van der Waals surface area contributed by atoms with Crippen LogP contribution in [0, 0.1) is 5.82 Å². The zero-order valence-corrected chi connectivity index (χ0v) is 11.4. The Hall–Kier alpha value is -0.650. The first-order valence-corrected chi connectivity index (χ1v) is 7.95. The van der Waals surface area contributed by atoms with Crippen molar-refractivity contribution in [1.82, 2.24) is 5.32 Å². The molecule has 0 amide bonds. The van der Waals surface area contributed by atoms with E-state index in [2.05, 4.69) is 5.32 Å². The van der Waals surface area contributed by atoms with E-state index >= 15 is 0 Å². The molecule has 1 fully saturated rings. The monoisotopic (exact) mass is 291 g/mol. The fourth-order valence-electron chi connectivity index (χ4n) is 2.15. The van der Waals surface area contributed by atoms with Crippen molar-refractivity contribution in [3.63, 3.8) is 0 Å². The molecule has 0 spiro atoms. The molecule has 6 heteroatoms. The molecule has 1 aliphatic heterocycles. The van der Waals surface area contributed by atoms with Gasteiger partial charge in [-0.1, -0.05) is 17.7 Å². The Balaban J connectivity index is 1.93. The van der Waals surface area contributed by atoms with Crippen LogP contribution in [0.1, 0.15) is 18.4 Å². The highest BCUT2D eigenvalue weighted by atomic mass is 35.5. The first-order valence-electron chi connectivity index (χ1n) is 5.86. The maximum Gasteiger partial charge on any atom is 0.154 e. The molecule has 1 N–H and O–H groups in total. The summed E-state index contributed by atoms with van der Waals surface area (Å²) in [5.74, 6) is -0.107. The minimum atomic E-state index is -2.95. The predicted molar refractivity (Wildman–Crippen MR) is 69.9 cm³/mol. The van der Waals surface area contributed by atoms with Crippen LogP contribution >= 0.6 is 11.6 Å². The molecule has 3 nitrogen and oxygen atoms in total. The van der Waals surface area contributed by atoms with E-state index in [-0.39, 0.29) is 23.4 Å². The Morgan fingerprint density at radius 3 is 2.83 bits per heavy atom. The van der Waals surface area contributed by atoms with Crippen molar-refractivity contribution in [2.24, 2.45) is 0 Å². The fraction of sp³-hybridized carbons (Fsp3) is 0.500. The Morgan fingerprint density at radius 1 is 1.44 bits per heavy atom.